The van der Waals surface area contributed by atoms with Crippen molar-refractivity contribution in [2.24, 2.45) is 4.99 Å². The van der Waals surface area contributed by atoms with E-state index in [0.717, 1.165) is 12.0 Å². The molecule has 1 amide bonds. The van der Waals surface area contributed by atoms with Gasteiger partial charge < -0.3 is 14.8 Å². The Morgan fingerprint density at radius 3 is 2.32 bits per heavy atom. The number of amides is 1. The Labute approximate surface area is 147 Å². The molecule has 1 heterocycles. The lowest BCUT2D eigenvalue weighted by Crippen LogP contribution is -2.24. The number of carbonyl (C=O) groups excluding carboxylic acids is 1. The molecule has 3 rings (SSSR count). The molecule has 1 N–H and O–H groups in total. The summed E-state index contributed by atoms with van der Waals surface area (Å²) in [6.45, 7) is 0. The van der Waals surface area contributed by atoms with Crippen LogP contribution < -0.4 is 14.8 Å². The molecule has 1 aliphatic rings. The highest BCUT2D eigenvalue weighted by Crippen LogP contribution is 2.25. The molecule has 0 aromatic heterocycles. The minimum atomic E-state index is -0.190. The number of nitrogens with zero attached hydrogens (tertiary/aromatic N) is 1. The van der Waals surface area contributed by atoms with Crippen LogP contribution in [0.1, 0.15) is 17.5 Å². The third-order valence-corrected chi connectivity index (χ3v) is 3.92. The zero-order valence-corrected chi connectivity index (χ0v) is 14.3. The summed E-state index contributed by atoms with van der Waals surface area (Å²) in [5.74, 6) is 1.83. The number of rotatable bonds is 6. The van der Waals surface area contributed by atoms with Crippen molar-refractivity contribution >= 4 is 17.8 Å². The highest BCUT2D eigenvalue weighted by atomic mass is 16.5. The molecule has 0 saturated heterocycles. The van der Waals surface area contributed by atoms with Crippen molar-refractivity contribution in [2.75, 3.05) is 14.2 Å². The topological polar surface area (TPSA) is 59.9 Å². The SMILES string of the molecule is COc1cc(/C=C2/N=C(CCc3ccccc3)NC2=O)cc(OC)c1. The van der Waals surface area contributed by atoms with Crippen LogP contribution in [-0.4, -0.2) is 26.0 Å². The van der Waals surface area contributed by atoms with E-state index in [2.05, 4.69) is 22.4 Å². The number of hydrogen-bond donors (Lipinski definition) is 1. The van der Waals surface area contributed by atoms with E-state index in [-0.39, 0.29) is 5.91 Å². The molecule has 2 aromatic rings. The van der Waals surface area contributed by atoms with E-state index in [1.165, 1.54) is 5.56 Å². The van der Waals surface area contributed by atoms with E-state index in [0.29, 0.717) is 29.5 Å². The van der Waals surface area contributed by atoms with Gasteiger partial charge in [-0.3, -0.25) is 4.79 Å². The van der Waals surface area contributed by atoms with Crippen LogP contribution in [0.4, 0.5) is 0 Å². The Hall–Kier alpha value is -3.08. The molecule has 0 aliphatic carbocycles. The largest absolute Gasteiger partial charge is 0.497 e. The van der Waals surface area contributed by atoms with Gasteiger partial charge in [0.15, 0.2) is 0 Å². The lowest BCUT2D eigenvalue weighted by Gasteiger charge is -2.05. The maximum absolute atomic E-state index is 12.2. The van der Waals surface area contributed by atoms with E-state index >= 15 is 0 Å². The van der Waals surface area contributed by atoms with Gasteiger partial charge in [0.25, 0.3) is 5.91 Å². The first-order valence-corrected chi connectivity index (χ1v) is 8.05. The van der Waals surface area contributed by atoms with E-state index in [9.17, 15) is 4.79 Å². The van der Waals surface area contributed by atoms with Crippen LogP contribution in [0, 0.1) is 0 Å². The second-order valence-corrected chi connectivity index (χ2v) is 5.67. The van der Waals surface area contributed by atoms with Crippen molar-refractivity contribution in [2.45, 2.75) is 12.8 Å². The van der Waals surface area contributed by atoms with Crippen molar-refractivity contribution in [3.63, 3.8) is 0 Å². The second kappa shape index (κ2) is 7.66. The van der Waals surface area contributed by atoms with Crippen molar-refractivity contribution in [3.05, 3.63) is 65.4 Å². The third kappa shape index (κ3) is 4.26. The third-order valence-electron chi connectivity index (χ3n) is 3.92. The van der Waals surface area contributed by atoms with Gasteiger partial charge in [0, 0.05) is 12.5 Å². The molecule has 0 atom stereocenters. The number of aryl methyl sites for hydroxylation is 1. The average molecular weight is 336 g/mol. The summed E-state index contributed by atoms with van der Waals surface area (Å²) in [7, 11) is 3.18. The van der Waals surface area contributed by atoms with Crippen LogP contribution in [0.25, 0.3) is 6.08 Å². The number of carbonyl (C=O) groups is 1. The first kappa shape index (κ1) is 16.8. The molecule has 0 unspecified atom stereocenters. The van der Waals surface area contributed by atoms with Crippen LogP contribution in [0.15, 0.2) is 59.2 Å². The Morgan fingerprint density at radius 1 is 1.00 bits per heavy atom. The molecular weight excluding hydrogens is 316 g/mol. The molecule has 0 fully saturated rings. The number of hydrogen-bond acceptors (Lipinski definition) is 4. The van der Waals surface area contributed by atoms with Crippen molar-refractivity contribution in [3.8, 4) is 11.5 Å². The summed E-state index contributed by atoms with van der Waals surface area (Å²) in [6.07, 6.45) is 3.25. The van der Waals surface area contributed by atoms with Gasteiger partial charge in [-0.05, 0) is 35.8 Å². The molecule has 0 bridgehead atoms. The summed E-state index contributed by atoms with van der Waals surface area (Å²) < 4.78 is 10.5. The molecule has 0 spiro atoms. The zero-order chi connectivity index (χ0) is 17.6. The fraction of sp³-hybridized carbons (Fsp3) is 0.200. The maximum Gasteiger partial charge on any atom is 0.275 e. The fourth-order valence-electron chi connectivity index (χ4n) is 2.61. The normalized spacial score (nSPS) is 15.0. The van der Waals surface area contributed by atoms with Crippen LogP contribution in [-0.2, 0) is 11.2 Å². The van der Waals surface area contributed by atoms with Gasteiger partial charge in [-0.1, -0.05) is 30.3 Å². The van der Waals surface area contributed by atoms with Gasteiger partial charge in [-0.15, -0.1) is 0 Å². The maximum atomic E-state index is 12.2. The van der Waals surface area contributed by atoms with Gasteiger partial charge in [-0.25, -0.2) is 4.99 Å². The fourth-order valence-corrected chi connectivity index (χ4v) is 2.61. The van der Waals surface area contributed by atoms with Gasteiger partial charge in [0.2, 0.25) is 0 Å². The number of ether oxygens (including phenoxy) is 2. The lowest BCUT2D eigenvalue weighted by atomic mass is 10.1. The standard InChI is InChI=1S/C20H20N2O3/c1-24-16-10-15(11-17(13-16)25-2)12-18-20(23)22-19(21-18)9-8-14-6-4-3-5-7-14/h3-7,10-13H,8-9H2,1-2H3,(H,21,22,23)/b18-12+. The van der Waals surface area contributed by atoms with E-state index in [1.807, 2.05) is 30.3 Å². The zero-order valence-electron chi connectivity index (χ0n) is 14.3. The molecule has 1 aliphatic heterocycles. The Balaban J connectivity index is 1.76. The van der Waals surface area contributed by atoms with Crippen LogP contribution in [0.3, 0.4) is 0 Å². The van der Waals surface area contributed by atoms with E-state index < -0.39 is 0 Å². The Bertz CT molecular complexity index is 804. The van der Waals surface area contributed by atoms with Gasteiger partial charge >= 0.3 is 0 Å². The molecule has 0 saturated carbocycles. The highest BCUT2D eigenvalue weighted by molar-refractivity contribution is 6.14. The van der Waals surface area contributed by atoms with Crippen LogP contribution >= 0.6 is 0 Å². The summed E-state index contributed by atoms with van der Waals surface area (Å²) >= 11 is 0. The van der Waals surface area contributed by atoms with Crippen LogP contribution in [0.2, 0.25) is 0 Å². The first-order chi connectivity index (χ1) is 12.2. The second-order valence-electron chi connectivity index (χ2n) is 5.67. The Kier molecular flexibility index (Phi) is 5.14. The summed E-state index contributed by atoms with van der Waals surface area (Å²) in [5.41, 5.74) is 2.40. The average Bonchev–Trinajstić information content (AvgIpc) is 3.00. The number of methoxy groups -OCH3 is 2. The molecule has 128 valence electrons. The molecular formula is C20H20N2O3. The lowest BCUT2D eigenvalue weighted by molar-refractivity contribution is -0.115. The number of aliphatic imine (C=N–C) groups is 1. The predicted octanol–water partition coefficient (Wildman–Crippen LogP) is 3.21. The number of nitrogens with one attached hydrogen (secondary N) is 1. The van der Waals surface area contributed by atoms with E-state index in [4.69, 9.17) is 9.47 Å². The first-order valence-electron chi connectivity index (χ1n) is 8.05. The Morgan fingerprint density at radius 2 is 1.68 bits per heavy atom. The summed E-state index contributed by atoms with van der Waals surface area (Å²) in [6, 6.07) is 15.6. The van der Waals surface area contributed by atoms with Crippen molar-refractivity contribution in [1.29, 1.82) is 0 Å². The molecule has 5 heteroatoms. The van der Waals surface area contributed by atoms with Gasteiger partial charge in [-0.2, -0.15) is 0 Å². The number of benzene rings is 2. The van der Waals surface area contributed by atoms with Gasteiger partial charge in [0.05, 0.1) is 14.2 Å². The minimum absolute atomic E-state index is 0.190. The predicted molar refractivity (Wildman–Crippen MR) is 97.9 cm³/mol. The van der Waals surface area contributed by atoms with Crippen LogP contribution in [0.5, 0.6) is 11.5 Å². The molecule has 25 heavy (non-hydrogen) atoms. The van der Waals surface area contributed by atoms with Crippen molar-refractivity contribution < 1.29 is 14.3 Å². The quantitative estimate of drug-likeness (QED) is 0.824. The summed E-state index contributed by atoms with van der Waals surface area (Å²) in [5, 5.41) is 2.83. The molecule has 2 aromatic carbocycles. The van der Waals surface area contributed by atoms with E-state index in [1.54, 1.807) is 26.4 Å². The minimum Gasteiger partial charge on any atom is -0.497 e. The van der Waals surface area contributed by atoms with Gasteiger partial charge in [0.1, 0.15) is 23.0 Å². The monoisotopic (exact) mass is 336 g/mol. The molecule has 0 radical (unpaired) electrons. The smallest absolute Gasteiger partial charge is 0.275 e. The molecule has 5 nitrogen and oxygen atoms in total. The summed E-state index contributed by atoms with van der Waals surface area (Å²) in [4.78, 5) is 16.6. The highest BCUT2D eigenvalue weighted by Gasteiger charge is 2.19. The number of amidine groups is 1. The van der Waals surface area contributed by atoms with Crippen molar-refractivity contribution in [1.82, 2.24) is 5.32 Å².